The molecule has 4 nitrogen and oxygen atoms in total. The van der Waals surface area contributed by atoms with Gasteiger partial charge in [-0.1, -0.05) is 42.5 Å². The van der Waals surface area contributed by atoms with Gasteiger partial charge in [-0.05, 0) is 23.3 Å². The van der Waals surface area contributed by atoms with E-state index >= 15 is 0 Å². The Balaban J connectivity index is 1.88. The lowest BCUT2D eigenvalue weighted by Gasteiger charge is -2.23. The molecule has 0 aromatic heterocycles. The molecule has 0 heterocycles. The van der Waals surface area contributed by atoms with Gasteiger partial charge in [0.2, 0.25) is 11.8 Å². The first-order valence-corrected chi connectivity index (χ1v) is 8.23. The topological polar surface area (TPSA) is 40.6 Å². The zero-order valence-corrected chi connectivity index (χ0v) is 14.6. The summed E-state index contributed by atoms with van der Waals surface area (Å²) >= 11 is 0. The number of halogens is 1. The number of hydrogen-bond donors (Lipinski definition) is 0. The maximum absolute atomic E-state index is 13.0. The van der Waals surface area contributed by atoms with E-state index in [1.807, 2.05) is 30.3 Å². The Hall–Kier alpha value is -2.69. The second-order valence-electron chi connectivity index (χ2n) is 6.05. The zero-order chi connectivity index (χ0) is 18.2. The molecule has 0 aliphatic carbocycles. The quantitative estimate of drug-likeness (QED) is 0.775. The molecule has 0 bridgehead atoms. The molecule has 132 valence electrons. The average Bonchev–Trinajstić information content (AvgIpc) is 2.60. The summed E-state index contributed by atoms with van der Waals surface area (Å²) in [5.41, 5.74) is 1.90. The second kappa shape index (κ2) is 8.97. The highest BCUT2D eigenvalue weighted by Crippen LogP contribution is 2.09. The van der Waals surface area contributed by atoms with Crippen LogP contribution in [-0.2, 0) is 22.7 Å². The van der Waals surface area contributed by atoms with Crippen molar-refractivity contribution in [2.45, 2.75) is 26.4 Å². The maximum Gasteiger partial charge on any atom is 0.224 e. The summed E-state index contributed by atoms with van der Waals surface area (Å²) in [7, 11) is 1.76. The van der Waals surface area contributed by atoms with Crippen molar-refractivity contribution >= 4 is 11.8 Å². The van der Waals surface area contributed by atoms with Crippen molar-refractivity contribution in [1.82, 2.24) is 9.80 Å². The highest BCUT2D eigenvalue weighted by Gasteiger charge is 2.14. The highest BCUT2D eigenvalue weighted by molar-refractivity contribution is 5.78. The van der Waals surface area contributed by atoms with E-state index in [0.29, 0.717) is 19.6 Å². The van der Waals surface area contributed by atoms with Gasteiger partial charge >= 0.3 is 0 Å². The lowest BCUT2D eigenvalue weighted by molar-refractivity contribution is -0.133. The summed E-state index contributed by atoms with van der Waals surface area (Å²) in [4.78, 5) is 27.4. The van der Waals surface area contributed by atoms with Gasteiger partial charge in [0, 0.05) is 40.0 Å². The normalized spacial score (nSPS) is 10.4. The van der Waals surface area contributed by atoms with Crippen LogP contribution < -0.4 is 0 Å². The van der Waals surface area contributed by atoms with Crippen LogP contribution in [0.5, 0.6) is 0 Å². The van der Waals surface area contributed by atoms with Gasteiger partial charge in [0.15, 0.2) is 0 Å². The summed E-state index contributed by atoms with van der Waals surface area (Å²) in [5, 5.41) is 0. The van der Waals surface area contributed by atoms with Gasteiger partial charge in [-0.15, -0.1) is 0 Å². The summed E-state index contributed by atoms with van der Waals surface area (Å²) < 4.78 is 13.0. The third-order valence-corrected chi connectivity index (χ3v) is 4.02. The van der Waals surface area contributed by atoms with Crippen molar-refractivity contribution in [2.24, 2.45) is 0 Å². The Kier molecular flexibility index (Phi) is 6.69. The number of rotatable bonds is 7. The second-order valence-corrected chi connectivity index (χ2v) is 6.05. The third-order valence-electron chi connectivity index (χ3n) is 4.02. The molecule has 2 aromatic carbocycles. The number of benzene rings is 2. The molecule has 25 heavy (non-hydrogen) atoms. The van der Waals surface area contributed by atoms with Crippen molar-refractivity contribution in [2.75, 3.05) is 13.6 Å². The molecule has 0 saturated heterocycles. The molecule has 0 unspecified atom stereocenters. The van der Waals surface area contributed by atoms with Gasteiger partial charge in [0.25, 0.3) is 0 Å². The van der Waals surface area contributed by atoms with Gasteiger partial charge in [0.05, 0.1) is 0 Å². The molecular formula is C20H23FN2O2. The number of hydrogen-bond acceptors (Lipinski definition) is 2. The average molecular weight is 342 g/mol. The first-order valence-electron chi connectivity index (χ1n) is 8.23. The minimum absolute atomic E-state index is 0.0193. The monoisotopic (exact) mass is 342 g/mol. The molecule has 0 aliphatic heterocycles. The Labute approximate surface area is 147 Å². The fourth-order valence-corrected chi connectivity index (χ4v) is 2.52. The van der Waals surface area contributed by atoms with Gasteiger partial charge < -0.3 is 9.80 Å². The van der Waals surface area contributed by atoms with Crippen molar-refractivity contribution < 1.29 is 14.0 Å². The predicted octanol–water partition coefficient (Wildman–Crippen LogP) is 3.22. The first-order chi connectivity index (χ1) is 12.0. The highest BCUT2D eigenvalue weighted by atomic mass is 19.1. The predicted molar refractivity (Wildman–Crippen MR) is 95.0 cm³/mol. The van der Waals surface area contributed by atoms with Crippen molar-refractivity contribution in [3.63, 3.8) is 0 Å². The van der Waals surface area contributed by atoms with Crippen LogP contribution in [0.1, 0.15) is 24.5 Å². The number of nitrogens with zero attached hydrogens (tertiary/aromatic N) is 2. The van der Waals surface area contributed by atoms with Crippen LogP contribution in [-0.4, -0.2) is 35.2 Å². The van der Waals surface area contributed by atoms with Crippen LogP contribution in [0.15, 0.2) is 54.6 Å². The summed E-state index contributed by atoms with van der Waals surface area (Å²) in [6.07, 6.45) is 0.254. The maximum atomic E-state index is 13.0. The molecule has 0 saturated carbocycles. The third kappa shape index (κ3) is 6.03. The number of carbonyl (C=O) groups excluding carboxylic acids is 2. The van der Waals surface area contributed by atoms with Crippen LogP contribution >= 0.6 is 0 Å². The lowest BCUT2D eigenvalue weighted by Crippen LogP contribution is -2.34. The Morgan fingerprint density at radius 1 is 0.920 bits per heavy atom. The molecule has 2 amide bonds. The Morgan fingerprint density at radius 2 is 1.52 bits per heavy atom. The van der Waals surface area contributed by atoms with Gasteiger partial charge in [0.1, 0.15) is 5.82 Å². The molecule has 0 fully saturated rings. The van der Waals surface area contributed by atoms with E-state index in [2.05, 4.69) is 0 Å². The first kappa shape index (κ1) is 18.6. The van der Waals surface area contributed by atoms with Crippen molar-refractivity contribution in [3.05, 3.63) is 71.5 Å². The summed E-state index contributed by atoms with van der Waals surface area (Å²) in [6, 6.07) is 15.8. The van der Waals surface area contributed by atoms with Crippen molar-refractivity contribution in [1.29, 1.82) is 0 Å². The fraction of sp³-hybridized carbons (Fsp3) is 0.300. The summed E-state index contributed by atoms with van der Waals surface area (Å²) in [6.45, 7) is 2.72. The van der Waals surface area contributed by atoms with Crippen LogP contribution in [0.4, 0.5) is 4.39 Å². The van der Waals surface area contributed by atoms with E-state index in [-0.39, 0.29) is 24.1 Å². The van der Waals surface area contributed by atoms with E-state index in [4.69, 9.17) is 0 Å². The largest absolute Gasteiger partial charge is 0.341 e. The molecule has 0 radical (unpaired) electrons. The van der Waals surface area contributed by atoms with Crippen LogP contribution in [0.3, 0.4) is 0 Å². The molecule has 0 spiro atoms. The molecule has 2 rings (SSSR count). The lowest BCUT2D eigenvalue weighted by atomic mass is 10.2. The SMILES string of the molecule is CC(=O)N(CCC(=O)N(C)Cc1ccccc1)Cc1ccc(F)cc1. The molecule has 2 aromatic rings. The van der Waals surface area contributed by atoms with Crippen LogP contribution in [0.2, 0.25) is 0 Å². The minimum atomic E-state index is -0.309. The van der Waals surface area contributed by atoms with Gasteiger partial charge in [-0.25, -0.2) is 4.39 Å². The molecule has 0 atom stereocenters. The van der Waals surface area contributed by atoms with Crippen LogP contribution in [0.25, 0.3) is 0 Å². The smallest absolute Gasteiger partial charge is 0.224 e. The van der Waals surface area contributed by atoms with Crippen molar-refractivity contribution in [3.8, 4) is 0 Å². The van der Waals surface area contributed by atoms with E-state index < -0.39 is 0 Å². The van der Waals surface area contributed by atoms with Gasteiger partial charge in [-0.2, -0.15) is 0 Å². The Morgan fingerprint density at radius 3 is 2.12 bits per heavy atom. The standard InChI is InChI=1S/C20H23FN2O2/c1-16(24)23(15-18-8-10-19(21)11-9-18)13-12-20(25)22(2)14-17-6-4-3-5-7-17/h3-11H,12-15H2,1-2H3. The Bertz CT molecular complexity index is 701. The fourth-order valence-electron chi connectivity index (χ4n) is 2.52. The van der Waals surface area contributed by atoms with Gasteiger partial charge in [-0.3, -0.25) is 9.59 Å². The number of amides is 2. The minimum Gasteiger partial charge on any atom is -0.341 e. The van der Waals surface area contributed by atoms with E-state index in [9.17, 15) is 14.0 Å². The zero-order valence-electron chi connectivity index (χ0n) is 14.6. The molecule has 5 heteroatoms. The molecule has 0 aliphatic rings. The molecular weight excluding hydrogens is 319 g/mol. The summed E-state index contributed by atoms with van der Waals surface area (Å²) in [5.74, 6) is -0.437. The van der Waals surface area contributed by atoms with E-state index in [0.717, 1.165) is 11.1 Å². The van der Waals surface area contributed by atoms with Crippen LogP contribution in [0, 0.1) is 5.82 Å². The number of carbonyl (C=O) groups is 2. The van der Waals surface area contributed by atoms with E-state index in [1.165, 1.54) is 19.1 Å². The molecule has 0 N–H and O–H groups in total. The van der Waals surface area contributed by atoms with E-state index in [1.54, 1.807) is 29.0 Å².